The molecule has 0 saturated heterocycles. The average Bonchev–Trinajstić information content (AvgIpc) is 2.77. The maximum Gasteiger partial charge on any atom is 0.229 e. The summed E-state index contributed by atoms with van der Waals surface area (Å²) < 4.78 is 18.1. The van der Waals surface area contributed by atoms with Crippen molar-refractivity contribution < 1.29 is 14.0 Å². The molecule has 18 heavy (non-hydrogen) atoms. The number of halogens is 1. The Labute approximate surface area is 104 Å². The van der Waals surface area contributed by atoms with Gasteiger partial charge in [-0.1, -0.05) is 12.1 Å². The van der Waals surface area contributed by atoms with E-state index in [1.807, 2.05) is 6.92 Å². The number of aliphatic hydroxyl groups is 1. The van der Waals surface area contributed by atoms with Crippen LogP contribution in [0.5, 0.6) is 0 Å². The third kappa shape index (κ3) is 2.73. The van der Waals surface area contributed by atoms with Crippen LogP contribution in [0.1, 0.15) is 24.8 Å². The van der Waals surface area contributed by atoms with Gasteiger partial charge in [0.05, 0.1) is 12.5 Å². The van der Waals surface area contributed by atoms with E-state index in [1.165, 1.54) is 12.1 Å². The standard InChI is InChI=1S/C13H15FN2O2/c1-3-10(17)7-12-15-13(16-18-12)11-5-4-9(14)6-8(11)2/h4-6,10,17H,3,7H2,1-2H3. The van der Waals surface area contributed by atoms with Crippen LogP contribution in [0.4, 0.5) is 4.39 Å². The first kappa shape index (κ1) is 12.7. The van der Waals surface area contributed by atoms with Crippen molar-refractivity contribution in [3.05, 3.63) is 35.5 Å². The van der Waals surface area contributed by atoms with Crippen molar-refractivity contribution in [1.82, 2.24) is 10.1 Å². The zero-order valence-electron chi connectivity index (χ0n) is 10.4. The Morgan fingerprint density at radius 3 is 2.89 bits per heavy atom. The van der Waals surface area contributed by atoms with Gasteiger partial charge in [0.1, 0.15) is 5.82 Å². The van der Waals surface area contributed by atoms with Gasteiger partial charge in [-0.15, -0.1) is 0 Å². The fraction of sp³-hybridized carbons (Fsp3) is 0.385. The molecule has 1 N–H and O–H groups in total. The number of benzene rings is 1. The van der Waals surface area contributed by atoms with Crippen molar-refractivity contribution in [2.45, 2.75) is 32.8 Å². The van der Waals surface area contributed by atoms with Crippen LogP contribution < -0.4 is 0 Å². The first-order valence-electron chi connectivity index (χ1n) is 5.87. The second-order valence-electron chi connectivity index (χ2n) is 4.24. The summed E-state index contributed by atoms with van der Waals surface area (Å²) in [6.45, 7) is 3.67. The number of rotatable bonds is 4. The third-order valence-corrected chi connectivity index (χ3v) is 2.78. The van der Waals surface area contributed by atoms with Gasteiger partial charge in [-0.05, 0) is 37.1 Å². The summed E-state index contributed by atoms with van der Waals surface area (Å²) in [7, 11) is 0. The molecule has 0 radical (unpaired) electrons. The molecule has 1 atom stereocenters. The molecule has 0 fully saturated rings. The van der Waals surface area contributed by atoms with E-state index in [2.05, 4.69) is 10.1 Å². The average molecular weight is 250 g/mol. The molecule has 1 aromatic carbocycles. The Kier molecular flexibility index (Phi) is 3.72. The molecule has 0 aliphatic rings. The molecule has 2 aromatic rings. The van der Waals surface area contributed by atoms with E-state index >= 15 is 0 Å². The maximum absolute atomic E-state index is 13.0. The first-order valence-corrected chi connectivity index (χ1v) is 5.87. The lowest BCUT2D eigenvalue weighted by Crippen LogP contribution is -2.08. The van der Waals surface area contributed by atoms with Crippen LogP contribution in [0.2, 0.25) is 0 Å². The van der Waals surface area contributed by atoms with Gasteiger partial charge in [0.15, 0.2) is 0 Å². The van der Waals surface area contributed by atoms with E-state index < -0.39 is 6.10 Å². The van der Waals surface area contributed by atoms with Gasteiger partial charge in [0, 0.05) is 5.56 Å². The largest absolute Gasteiger partial charge is 0.393 e. The highest BCUT2D eigenvalue weighted by molar-refractivity contribution is 5.59. The molecule has 4 nitrogen and oxygen atoms in total. The van der Waals surface area contributed by atoms with Gasteiger partial charge in [0.25, 0.3) is 0 Å². The highest BCUT2D eigenvalue weighted by Crippen LogP contribution is 2.21. The van der Waals surface area contributed by atoms with Crippen molar-refractivity contribution in [2.75, 3.05) is 0 Å². The van der Waals surface area contributed by atoms with E-state index in [0.717, 1.165) is 11.1 Å². The van der Waals surface area contributed by atoms with Crippen molar-refractivity contribution >= 4 is 0 Å². The maximum atomic E-state index is 13.0. The minimum atomic E-state index is -0.479. The van der Waals surface area contributed by atoms with Crippen molar-refractivity contribution in [2.24, 2.45) is 0 Å². The fourth-order valence-electron chi connectivity index (χ4n) is 1.67. The Hall–Kier alpha value is -1.75. The van der Waals surface area contributed by atoms with Crippen LogP contribution in [-0.2, 0) is 6.42 Å². The van der Waals surface area contributed by atoms with E-state index in [0.29, 0.717) is 24.6 Å². The molecule has 2 rings (SSSR count). The molecule has 0 spiro atoms. The van der Waals surface area contributed by atoms with Crippen LogP contribution in [0.3, 0.4) is 0 Å². The summed E-state index contributed by atoms with van der Waals surface area (Å²) in [5.41, 5.74) is 1.48. The van der Waals surface area contributed by atoms with Crippen molar-refractivity contribution in [1.29, 1.82) is 0 Å². The zero-order chi connectivity index (χ0) is 13.1. The highest BCUT2D eigenvalue weighted by Gasteiger charge is 2.13. The number of hydrogen-bond acceptors (Lipinski definition) is 4. The van der Waals surface area contributed by atoms with E-state index in [9.17, 15) is 9.50 Å². The molecular formula is C13H15FN2O2. The molecule has 0 amide bonds. The number of aryl methyl sites for hydroxylation is 1. The minimum absolute atomic E-state index is 0.290. The predicted octanol–water partition coefficient (Wildman–Crippen LogP) is 2.50. The van der Waals surface area contributed by atoms with Gasteiger partial charge < -0.3 is 9.63 Å². The van der Waals surface area contributed by atoms with Crippen LogP contribution in [0.25, 0.3) is 11.4 Å². The highest BCUT2D eigenvalue weighted by atomic mass is 19.1. The molecular weight excluding hydrogens is 235 g/mol. The lowest BCUT2D eigenvalue weighted by Gasteiger charge is -2.01. The molecule has 1 aromatic heterocycles. The van der Waals surface area contributed by atoms with Gasteiger partial charge in [-0.3, -0.25) is 0 Å². The van der Waals surface area contributed by atoms with Gasteiger partial charge in [0.2, 0.25) is 11.7 Å². The topological polar surface area (TPSA) is 59.2 Å². The van der Waals surface area contributed by atoms with E-state index in [4.69, 9.17) is 4.52 Å². The van der Waals surface area contributed by atoms with Crippen molar-refractivity contribution in [3.63, 3.8) is 0 Å². The van der Waals surface area contributed by atoms with Crippen LogP contribution in [-0.4, -0.2) is 21.4 Å². The molecule has 0 bridgehead atoms. The summed E-state index contributed by atoms with van der Waals surface area (Å²) in [6, 6.07) is 4.40. The third-order valence-electron chi connectivity index (χ3n) is 2.78. The Morgan fingerprint density at radius 2 is 2.22 bits per heavy atom. The van der Waals surface area contributed by atoms with E-state index in [1.54, 1.807) is 13.0 Å². The molecule has 0 aliphatic carbocycles. The second-order valence-corrected chi connectivity index (χ2v) is 4.24. The predicted molar refractivity (Wildman–Crippen MR) is 64.4 cm³/mol. The zero-order valence-corrected chi connectivity index (χ0v) is 10.4. The number of nitrogens with zero attached hydrogens (tertiary/aromatic N) is 2. The molecule has 1 heterocycles. The van der Waals surface area contributed by atoms with Gasteiger partial charge in [-0.25, -0.2) is 4.39 Å². The van der Waals surface area contributed by atoms with Crippen molar-refractivity contribution in [3.8, 4) is 11.4 Å². The normalized spacial score (nSPS) is 12.7. The molecule has 1 unspecified atom stereocenters. The fourth-order valence-corrected chi connectivity index (χ4v) is 1.67. The molecule has 5 heteroatoms. The number of aromatic nitrogens is 2. The van der Waals surface area contributed by atoms with Crippen LogP contribution >= 0.6 is 0 Å². The number of aliphatic hydroxyl groups excluding tert-OH is 1. The Balaban J connectivity index is 2.24. The Morgan fingerprint density at radius 1 is 1.44 bits per heavy atom. The summed E-state index contributed by atoms with van der Waals surface area (Å²) in [4.78, 5) is 4.20. The molecule has 96 valence electrons. The Bertz CT molecular complexity index is 540. The first-order chi connectivity index (χ1) is 8.60. The lowest BCUT2D eigenvalue weighted by molar-refractivity contribution is 0.158. The monoisotopic (exact) mass is 250 g/mol. The summed E-state index contributed by atoms with van der Waals surface area (Å²) in [5, 5.41) is 13.3. The quantitative estimate of drug-likeness (QED) is 0.905. The smallest absolute Gasteiger partial charge is 0.229 e. The summed E-state index contributed by atoms with van der Waals surface area (Å²) >= 11 is 0. The van der Waals surface area contributed by atoms with Gasteiger partial charge in [-0.2, -0.15) is 4.98 Å². The second kappa shape index (κ2) is 5.27. The van der Waals surface area contributed by atoms with Crippen LogP contribution in [0, 0.1) is 12.7 Å². The lowest BCUT2D eigenvalue weighted by atomic mass is 10.1. The minimum Gasteiger partial charge on any atom is -0.393 e. The number of hydrogen-bond donors (Lipinski definition) is 1. The van der Waals surface area contributed by atoms with Crippen LogP contribution in [0.15, 0.2) is 22.7 Å². The summed E-state index contributed by atoms with van der Waals surface area (Å²) in [6.07, 6.45) is 0.490. The molecule has 0 aliphatic heterocycles. The van der Waals surface area contributed by atoms with Gasteiger partial charge >= 0.3 is 0 Å². The van der Waals surface area contributed by atoms with E-state index in [-0.39, 0.29) is 5.82 Å². The SMILES string of the molecule is CCC(O)Cc1nc(-c2ccc(F)cc2C)no1. The summed E-state index contributed by atoms with van der Waals surface area (Å²) in [5.74, 6) is 0.523. The molecule has 0 saturated carbocycles.